The Morgan fingerprint density at radius 1 is 1.35 bits per heavy atom. The zero-order valence-electron chi connectivity index (χ0n) is 15.0. The Kier molecular flexibility index (Phi) is 7.43. The molecule has 1 amide bonds. The number of nitrogens with two attached hydrogens (primary N) is 1. The Labute approximate surface area is 164 Å². The number of carbonyl (C=O) groups excluding carboxylic acids is 1. The standard InChI is InChI=1S/C19H25N3O2S.ClH/c1-24-16-7-3-2-6-14(16)19(9-4-5-10-19)13-21-18(23)15-12-25-17(22-15)8-11-20;/h2-3,6-7,12H,4-5,8-11,13,20H2,1H3,(H,21,23);1H. The number of rotatable bonds is 7. The first-order valence-electron chi connectivity index (χ1n) is 8.75. The lowest BCUT2D eigenvalue weighted by Gasteiger charge is -2.31. The Morgan fingerprint density at radius 3 is 2.77 bits per heavy atom. The van der Waals surface area contributed by atoms with Crippen molar-refractivity contribution in [2.24, 2.45) is 5.73 Å². The highest BCUT2D eigenvalue weighted by atomic mass is 35.5. The molecule has 0 radical (unpaired) electrons. The quantitative estimate of drug-likeness (QED) is 0.753. The smallest absolute Gasteiger partial charge is 0.270 e. The summed E-state index contributed by atoms with van der Waals surface area (Å²) in [5.41, 5.74) is 7.17. The Bertz CT molecular complexity index is 729. The highest BCUT2D eigenvalue weighted by Crippen LogP contribution is 2.44. The maximum atomic E-state index is 12.5. The molecule has 0 bridgehead atoms. The second-order valence-corrected chi connectivity index (χ2v) is 7.48. The number of thiazole rings is 1. The van der Waals surface area contributed by atoms with Crippen LogP contribution in [0, 0.1) is 0 Å². The van der Waals surface area contributed by atoms with Gasteiger partial charge in [-0.25, -0.2) is 4.98 Å². The third kappa shape index (κ3) is 4.37. The van der Waals surface area contributed by atoms with Crippen LogP contribution in [0.4, 0.5) is 0 Å². The molecule has 0 spiro atoms. The molecule has 142 valence electrons. The van der Waals surface area contributed by atoms with Gasteiger partial charge in [0.15, 0.2) is 0 Å². The van der Waals surface area contributed by atoms with Gasteiger partial charge < -0.3 is 15.8 Å². The van der Waals surface area contributed by atoms with E-state index in [4.69, 9.17) is 10.5 Å². The topological polar surface area (TPSA) is 77.2 Å². The normalized spacial score (nSPS) is 15.3. The lowest BCUT2D eigenvalue weighted by molar-refractivity contribution is 0.0938. The van der Waals surface area contributed by atoms with Gasteiger partial charge in [0.2, 0.25) is 0 Å². The van der Waals surface area contributed by atoms with Crippen LogP contribution < -0.4 is 15.8 Å². The summed E-state index contributed by atoms with van der Waals surface area (Å²) in [6.07, 6.45) is 5.17. The molecule has 0 aliphatic heterocycles. The lowest BCUT2D eigenvalue weighted by atomic mass is 9.78. The first-order chi connectivity index (χ1) is 12.2. The molecule has 1 saturated carbocycles. The van der Waals surface area contributed by atoms with E-state index in [1.165, 1.54) is 29.7 Å². The maximum Gasteiger partial charge on any atom is 0.270 e. The van der Waals surface area contributed by atoms with Gasteiger partial charge in [-0.2, -0.15) is 0 Å². The van der Waals surface area contributed by atoms with E-state index in [0.717, 1.165) is 23.6 Å². The number of carbonyl (C=O) groups is 1. The minimum atomic E-state index is -0.110. The van der Waals surface area contributed by atoms with Crippen LogP contribution in [0.15, 0.2) is 29.6 Å². The van der Waals surface area contributed by atoms with Crippen molar-refractivity contribution in [1.29, 1.82) is 0 Å². The van der Waals surface area contributed by atoms with Crippen molar-refractivity contribution in [3.05, 3.63) is 45.9 Å². The van der Waals surface area contributed by atoms with Crippen molar-refractivity contribution < 1.29 is 9.53 Å². The van der Waals surface area contributed by atoms with Crippen molar-refractivity contribution in [3.8, 4) is 5.75 Å². The van der Waals surface area contributed by atoms with Crippen molar-refractivity contribution in [3.63, 3.8) is 0 Å². The van der Waals surface area contributed by atoms with Crippen LogP contribution in [0.25, 0.3) is 0 Å². The number of aromatic nitrogens is 1. The number of nitrogens with zero attached hydrogens (tertiary/aromatic N) is 1. The van der Waals surface area contributed by atoms with E-state index in [1.807, 2.05) is 23.6 Å². The number of amides is 1. The van der Waals surface area contributed by atoms with Crippen LogP contribution in [-0.2, 0) is 11.8 Å². The summed E-state index contributed by atoms with van der Waals surface area (Å²) in [7, 11) is 1.70. The molecule has 1 aliphatic rings. The highest BCUT2D eigenvalue weighted by Gasteiger charge is 2.38. The number of nitrogens with one attached hydrogen (secondary N) is 1. The number of ether oxygens (including phenoxy) is 1. The molecule has 7 heteroatoms. The van der Waals surface area contributed by atoms with Crippen LogP contribution >= 0.6 is 23.7 Å². The largest absolute Gasteiger partial charge is 0.496 e. The van der Waals surface area contributed by atoms with E-state index in [2.05, 4.69) is 16.4 Å². The van der Waals surface area contributed by atoms with Crippen LogP contribution in [0.2, 0.25) is 0 Å². The molecule has 1 aliphatic carbocycles. The molecule has 0 atom stereocenters. The molecule has 3 rings (SSSR count). The van der Waals surface area contributed by atoms with Gasteiger partial charge in [0, 0.05) is 29.3 Å². The minimum Gasteiger partial charge on any atom is -0.496 e. The van der Waals surface area contributed by atoms with E-state index in [9.17, 15) is 4.79 Å². The number of hydrogen-bond acceptors (Lipinski definition) is 5. The third-order valence-corrected chi connectivity index (χ3v) is 5.88. The summed E-state index contributed by atoms with van der Waals surface area (Å²) in [6, 6.07) is 8.15. The highest BCUT2D eigenvalue weighted by molar-refractivity contribution is 7.09. The van der Waals surface area contributed by atoms with E-state index >= 15 is 0 Å². The lowest BCUT2D eigenvalue weighted by Crippen LogP contribution is -2.39. The summed E-state index contributed by atoms with van der Waals surface area (Å²) < 4.78 is 5.57. The second kappa shape index (κ2) is 9.35. The van der Waals surface area contributed by atoms with Gasteiger partial charge in [0.05, 0.1) is 12.1 Å². The molecule has 5 nitrogen and oxygen atoms in total. The van der Waals surface area contributed by atoms with Gasteiger partial charge in [0.25, 0.3) is 5.91 Å². The molecular formula is C19H26ClN3O2S. The zero-order valence-corrected chi connectivity index (χ0v) is 16.6. The predicted octanol–water partition coefficient (Wildman–Crippen LogP) is 3.32. The summed E-state index contributed by atoms with van der Waals surface area (Å²) in [5, 5.41) is 5.83. The molecule has 0 unspecified atom stereocenters. The Morgan fingerprint density at radius 2 is 2.08 bits per heavy atom. The van der Waals surface area contributed by atoms with E-state index in [0.29, 0.717) is 25.2 Å². The van der Waals surface area contributed by atoms with Crippen molar-refractivity contribution in [2.45, 2.75) is 37.5 Å². The molecule has 2 aromatic rings. The fraction of sp³-hybridized carbons (Fsp3) is 0.474. The number of hydrogen-bond donors (Lipinski definition) is 2. The summed E-state index contributed by atoms with van der Waals surface area (Å²) >= 11 is 1.49. The van der Waals surface area contributed by atoms with Crippen LogP contribution in [0.5, 0.6) is 5.75 Å². The van der Waals surface area contributed by atoms with E-state index in [-0.39, 0.29) is 23.7 Å². The minimum absolute atomic E-state index is 0. The van der Waals surface area contributed by atoms with Gasteiger partial charge >= 0.3 is 0 Å². The first kappa shape index (κ1) is 20.7. The maximum absolute atomic E-state index is 12.5. The van der Waals surface area contributed by atoms with Crippen LogP contribution in [0.1, 0.15) is 46.7 Å². The number of halogens is 1. The number of methoxy groups -OCH3 is 1. The third-order valence-electron chi connectivity index (χ3n) is 4.97. The van der Waals surface area contributed by atoms with Gasteiger partial charge in [-0.15, -0.1) is 23.7 Å². The zero-order chi connectivity index (χ0) is 17.7. The average molecular weight is 396 g/mol. The average Bonchev–Trinajstić information content (AvgIpc) is 3.30. The molecule has 1 fully saturated rings. The van der Waals surface area contributed by atoms with Gasteiger partial charge in [0.1, 0.15) is 11.4 Å². The van der Waals surface area contributed by atoms with Crippen LogP contribution in [0.3, 0.4) is 0 Å². The van der Waals surface area contributed by atoms with Crippen molar-refractivity contribution in [1.82, 2.24) is 10.3 Å². The van der Waals surface area contributed by atoms with Gasteiger partial charge in [-0.1, -0.05) is 31.0 Å². The van der Waals surface area contributed by atoms with E-state index in [1.54, 1.807) is 7.11 Å². The molecule has 26 heavy (non-hydrogen) atoms. The van der Waals surface area contributed by atoms with Crippen molar-refractivity contribution >= 4 is 29.7 Å². The fourth-order valence-electron chi connectivity index (χ4n) is 3.67. The number of benzene rings is 1. The first-order valence-corrected chi connectivity index (χ1v) is 9.63. The van der Waals surface area contributed by atoms with E-state index < -0.39 is 0 Å². The summed E-state index contributed by atoms with van der Waals surface area (Å²) in [5.74, 6) is 0.790. The Balaban J connectivity index is 0.00000243. The molecule has 3 N–H and O–H groups in total. The predicted molar refractivity (Wildman–Crippen MR) is 108 cm³/mol. The molecule has 1 aromatic heterocycles. The van der Waals surface area contributed by atoms with Crippen molar-refractivity contribution in [2.75, 3.05) is 20.2 Å². The summed E-state index contributed by atoms with van der Waals surface area (Å²) in [4.78, 5) is 16.9. The molecule has 1 heterocycles. The Hall–Kier alpha value is -1.63. The second-order valence-electron chi connectivity index (χ2n) is 6.54. The SMILES string of the molecule is COc1ccccc1C1(CNC(=O)c2csc(CCN)n2)CCCC1.Cl. The number of para-hydroxylation sites is 1. The van der Waals surface area contributed by atoms with Crippen LogP contribution in [-0.4, -0.2) is 31.1 Å². The molecule has 0 saturated heterocycles. The fourth-order valence-corrected chi connectivity index (χ4v) is 4.46. The molecule has 1 aromatic carbocycles. The van der Waals surface area contributed by atoms with Gasteiger partial charge in [-0.3, -0.25) is 4.79 Å². The summed E-state index contributed by atoms with van der Waals surface area (Å²) in [6.45, 7) is 1.15. The monoisotopic (exact) mass is 395 g/mol. The molecular weight excluding hydrogens is 370 g/mol. The van der Waals surface area contributed by atoms with Gasteiger partial charge in [-0.05, 0) is 25.5 Å².